The van der Waals surface area contributed by atoms with Gasteiger partial charge in [-0.25, -0.2) is 35.8 Å². The van der Waals surface area contributed by atoms with Gasteiger partial charge in [0.25, 0.3) is 0 Å². The summed E-state index contributed by atoms with van der Waals surface area (Å²) in [6.45, 7) is 28.0. The van der Waals surface area contributed by atoms with Gasteiger partial charge in [-0.15, -0.1) is 0 Å². The molecule has 5 heterocycles. The van der Waals surface area contributed by atoms with Crippen LogP contribution in [0.1, 0.15) is 72.3 Å². The first kappa shape index (κ1) is 90.4. The molecule has 0 aliphatic heterocycles. The van der Waals surface area contributed by atoms with Crippen LogP contribution in [0.3, 0.4) is 0 Å². The number of aryl methyl sites for hydroxylation is 16. The number of benzene rings is 15. The summed E-state index contributed by atoms with van der Waals surface area (Å²) in [5, 5.41) is 10.9. The third-order valence-electron chi connectivity index (χ3n) is 25.9. The summed E-state index contributed by atoms with van der Waals surface area (Å²) >= 11 is 0. The van der Waals surface area contributed by atoms with Gasteiger partial charge < -0.3 is 0 Å². The second-order valence-electron chi connectivity index (χ2n) is 35.7. The summed E-state index contributed by atoms with van der Waals surface area (Å²) in [5.41, 5.74) is 41.3. The normalized spacial score (nSPS) is 11.1. The lowest BCUT2D eigenvalue weighted by Crippen LogP contribution is -2.32. The smallest absolute Gasteiger partial charge is 0.207 e. The van der Waals surface area contributed by atoms with Gasteiger partial charge >= 0.3 is 0 Å². The van der Waals surface area contributed by atoms with Crippen LogP contribution >= 0.6 is 0 Å². The highest BCUT2D eigenvalue weighted by Gasteiger charge is 2.25. The van der Waals surface area contributed by atoms with Crippen molar-refractivity contribution in [2.75, 3.05) is 0 Å². The van der Waals surface area contributed by atoms with Gasteiger partial charge in [0.15, 0.2) is 24.8 Å². The standard InChI is InChI=1S/2C25H23FN.C25H24N.2C24H21FN/c1-16-13-17(2)18(3)24(14-16)25-23-10-7-20(15-21(23)11-12-27(25)4)19-5-8-22(26)9-6-19;1-16-13-17(2)18(3)23(14-16)25-24-15-21(19-7-9-22(26)10-8-19)6-5-20(24)11-12-27(25)4;1-17-6-9-20(10-7-17)22-12-11-21-13-14-24(26(4)25(21)16-22)23-15-18(2)5-8-19(23)3;1-16-4-5-17(2)23(14-16)24-22-11-8-19(15-20(22)12-13-26(24)3)18-6-9-21(25)10-7-18;1-16-4-5-17(2)22(14-16)24-23-15-20(18-8-10-21(25)11-9-18)7-6-19(23)12-13-26(24)3/h2*5-15H,1-4H3;5-16H,1-4H3;2*4-15H,1-3H3/q5*+1. The molecule has 20 rings (SSSR count). The van der Waals surface area contributed by atoms with Crippen molar-refractivity contribution in [1.29, 1.82) is 0 Å². The van der Waals surface area contributed by atoms with Crippen molar-refractivity contribution >= 4 is 54.0 Å². The fraction of sp³-hybridized carbons (Fsp3) is 0.146. The molecular formula is C123H112F4N5+5. The molecule has 0 fully saturated rings. The quantitative estimate of drug-likeness (QED) is 0.0960. The van der Waals surface area contributed by atoms with Crippen LogP contribution in [0.2, 0.25) is 0 Å². The maximum atomic E-state index is 13.3. The van der Waals surface area contributed by atoms with E-state index in [0.29, 0.717) is 0 Å². The molecule has 0 radical (unpaired) electrons. The van der Waals surface area contributed by atoms with Gasteiger partial charge in [0.1, 0.15) is 58.5 Å². The monoisotopic (exact) mass is 1730 g/mol. The van der Waals surface area contributed by atoms with E-state index in [1.165, 1.54) is 242 Å². The molecule has 0 spiro atoms. The third-order valence-corrected chi connectivity index (χ3v) is 25.9. The second kappa shape index (κ2) is 38.8. The Hall–Kier alpha value is -14.9. The first-order chi connectivity index (χ1) is 63.4. The van der Waals surface area contributed by atoms with E-state index in [4.69, 9.17) is 0 Å². The Kier molecular flexibility index (Phi) is 26.6. The average Bonchev–Trinajstić information content (AvgIpc) is 0.789. The Morgan fingerprint density at radius 3 is 0.841 bits per heavy atom. The fourth-order valence-electron chi connectivity index (χ4n) is 18.2. The van der Waals surface area contributed by atoms with Crippen LogP contribution < -0.4 is 22.8 Å². The predicted octanol–water partition coefficient (Wildman–Crippen LogP) is 29.6. The van der Waals surface area contributed by atoms with Gasteiger partial charge in [0.2, 0.25) is 34.0 Å². The van der Waals surface area contributed by atoms with Crippen molar-refractivity contribution in [2.45, 2.75) is 90.0 Å². The molecule has 0 aliphatic carbocycles. The summed E-state index contributed by atoms with van der Waals surface area (Å²) in [6.07, 6.45) is 8.44. The minimum atomic E-state index is -0.211. The Bertz CT molecular complexity index is 7790. The van der Waals surface area contributed by atoms with Crippen molar-refractivity contribution in [3.8, 4) is 112 Å². The third kappa shape index (κ3) is 19.6. The average molecular weight is 1740 g/mol. The molecule has 0 saturated heterocycles. The first-order valence-corrected chi connectivity index (χ1v) is 45.1. The summed E-state index contributed by atoms with van der Waals surface area (Å²) in [7, 11) is 10.5. The largest absolute Gasteiger partial charge is 0.220 e. The van der Waals surface area contributed by atoms with Crippen LogP contribution in [0.5, 0.6) is 0 Å². The number of nitrogens with zero attached hydrogens (tertiary/aromatic N) is 5. The lowest BCUT2D eigenvalue weighted by atomic mass is 9.93. The zero-order valence-electron chi connectivity index (χ0n) is 78.7. The van der Waals surface area contributed by atoms with Crippen LogP contribution in [0.15, 0.2) is 352 Å². The highest BCUT2D eigenvalue weighted by molar-refractivity contribution is 6.00. The van der Waals surface area contributed by atoms with E-state index in [2.05, 4.69) is 403 Å². The lowest BCUT2D eigenvalue weighted by Gasteiger charge is -2.12. The Morgan fingerprint density at radius 1 is 0.182 bits per heavy atom. The zero-order chi connectivity index (χ0) is 93.0. The predicted molar refractivity (Wildman–Crippen MR) is 541 cm³/mol. The highest BCUT2D eigenvalue weighted by Crippen LogP contribution is 2.40. The number of rotatable bonds is 10. The molecule has 0 atom stereocenters. The minimum absolute atomic E-state index is 0.209. The number of pyridine rings is 5. The SMILES string of the molecule is Cc1cc(C)c(C)c(-c2c3cc(-c4ccc(F)cc4)ccc3cc[n+]2C)c1.Cc1cc(C)c(C)c(-c2c3ccc(-c4ccc(F)cc4)cc3cc[n+]2C)c1.Cc1ccc(-c2ccc3ccc(-c4cc(C)ccc4C)[n+](C)c3c2)cc1.Cc1ccc(C)c(-c2c3cc(-c4ccc(F)cc4)ccc3cc[n+]2C)c1.Cc1ccc(C)c(-c2c3ccc(-c4ccc(F)cc4)cc3cc[n+]2C)c1. The van der Waals surface area contributed by atoms with Gasteiger partial charge in [-0.3, -0.25) is 0 Å². The summed E-state index contributed by atoms with van der Waals surface area (Å²) in [5.74, 6) is -0.840. The van der Waals surface area contributed by atoms with Crippen molar-refractivity contribution in [3.05, 3.63) is 448 Å². The topological polar surface area (TPSA) is 19.4 Å². The van der Waals surface area contributed by atoms with Crippen molar-refractivity contribution in [3.63, 3.8) is 0 Å². The molecule has 9 heteroatoms. The first-order valence-electron chi connectivity index (χ1n) is 45.1. The number of hydrogen-bond acceptors (Lipinski definition) is 0. The van der Waals surface area contributed by atoms with E-state index in [1.54, 1.807) is 0 Å². The van der Waals surface area contributed by atoms with E-state index in [0.717, 1.165) is 44.5 Å². The van der Waals surface area contributed by atoms with E-state index in [1.807, 2.05) is 48.5 Å². The summed E-state index contributed by atoms with van der Waals surface area (Å²) < 4.78 is 64.1. The number of fused-ring (bicyclic) bond motifs is 5. The molecule has 132 heavy (non-hydrogen) atoms. The molecule has 0 N–H and O–H groups in total. The molecular weight excluding hydrogens is 1620 g/mol. The molecule has 0 amide bonds. The van der Waals surface area contributed by atoms with Crippen molar-refractivity contribution < 1.29 is 40.4 Å². The summed E-state index contributed by atoms with van der Waals surface area (Å²) in [6, 6.07) is 110. The maximum absolute atomic E-state index is 13.3. The van der Waals surface area contributed by atoms with Gasteiger partial charge in [-0.1, -0.05) is 197 Å². The molecule has 15 aromatic carbocycles. The molecule has 0 aliphatic rings. The van der Waals surface area contributed by atoms with Gasteiger partial charge in [-0.2, -0.15) is 4.57 Å². The van der Waals surface area contributed by atoms with E-state index < -0.39 is 0 Å². The van der Waals surface area contributed by atoms with E-state index in [-0.39, 0.29) is 23.3 Å². The Balaban J connectivity index is 0.000000120. The molecule has 0 saturated carbocycles. The Morgan fingerprint density at radius 2 is 0.455 bits per heavy atom. The molecule has 5 aromatic heterocycles. The molecule has 652 valence electrons. The minimum Gasteiger partial charge on any atom is -0.207 e. The van der Waals surface area contributed by atoms with Crippen LogP contribution in [0.25, 0.3) is 166 Å². The number of aromatic nitrogens is 5. The van der Waals surface area contributed by atoms with Crippen LogP contribution in [-0.4, -0.2) is 0 Å². The van der Waals surface area contributed by atoms with Crippen molar-refractivity contribution in [1.82, 2.24) is 0 Å². The number of hydrogen-bond donors (Lipinski definition) is 0. The van der Waals surface area contributed by atoms with E-state index >= 15 is 0 Å². The number of halogens is 4. The molecule has 0 bridgehead atoms. The second-order valence-corrected chi connectivity index (χ2v) is 35.7. The van der Waals surface area contributed by atoms with Crippen LogP contribution in [0.4, 0.5) is 17.6 Å². The lowest BCUT2D eigenvalue weighted by molar-refractivity contribution is -0.659. The maximum Gasteiger partial charge on any atom is 0.220 e. The van der Waals surface area contributed by atoms with Crippen molar-refractivity contribution in [2.24, 2.45) is 35.2 Å². The molecule has 0 unspecified atom stereocenters. The van der Waals surface area contributed by atoms with Gasteiger partial charge in [0.05, 0.1) is 32.7 Å². The molecule has 5 nitrogen and oxygen atoms in total. The fourth-order valence-corrected chi connectivity index (χ4v) is 18.2. The highest BCUT2D eigenvalue weighted by atomic mass is 19.1. The van der Waals surface area contributed by atoms with Gasteiger partial charge in [0, 0.05) is 58.5 Å². The van der Waals surface area contributed by atoms with Crippen LogP contribution in [0, 0.1) is 113 Å². The van der Waals surface area contributed by atoms with Crippen LogP contribution in [-0.2, 0) is 35.2 Å². The summed E-state index contributed by atoms with van der Waals surface area (Å²) in [4.78, 5) is 0. The van der Waals surface area contributed by atoms with E-state index in [9.17, 15) is 17.6 Å². The molecule has 20 aromatic rings. The Labute approximate surface area is 774 Å². The van der Waals surface area contributed by atoms with Gasteiger partial charge in [-0.05, 0) is 334 Å². The zero-order valence-corrected chi connectivity index (χ0v) is 78.7.